The second-order valence-corrected chi connectivity index (χ2v) is 5.91. The molecule has 0 aliphatic carbocycles. The van der Waals surface area contributed by atoms with Crippen LogP contribution in [0.15, 0.2) is 48.5 Å². The zero-order chi connectivity index (χ0) is 15.9. The molecule has 0 atom stereocenters. The number of nitrogens with one attached hydrogen (secondary N) is 2. The molecule has 5 heteroatoms. The lowest BCUT2D eigenvalue weighted by Crippen LogP contribution is -1.75. The first-order chi connectivity index (χ1) is 11.8. The van der Waals surface area contributed by atoms with Gasteiger partial charge in [-0.05, 0) is 83.8 Å². The molecule has 0 spiro atoms. The summed E-state index contributed by atoms with van der Waals surface area (Å²) in [6.07, 6.45) is 8.09. The third kappa shape index (κ3) is 3.43. The summed E-state index contributed by atoms with van der Waals surface area (Å²) in [5, 5.41) is 0. The minimum Gasteiger partial charge on any atom is -0.355 e. The monoisotopic (exact) mass is 358 g/mol. The molecule has 5 rings (SSSR count). The quantitative estimate of drug-likeness (QED) is 0.413. The highest BCUT2D eigenvalue weighted by Crippen LogP contribution is 2.16. The van der Waals surface area contributed by atoms with E-state index in [-0.39, 0.29) is 18.4 Å². The second kappa shape index (κ2) is 6.97. The summed E-state index contributed by atoms with van der Waals surface area (Å²) in [6.45, 7) is 0. The Morgan fingerprint density at radius 3 is 1.04 bits per heavy atom. The Morgan fingerprint density at radius 2 is 0.769 bits per heavy atom. The third-order valence-electron chi connectivity index (χ3n) is 4.04. The van der Waals surface area contributed by atoms with Crippen LogP contribution in [0.5, 0.6) is 0 Å². The van der Waals surface area contributed by atoms with Crippen molar-refractivity contribution in [2.75, 3.05) is 0 Å². The summed E-state index contributed by atoms with van der Waals surface area (Å²) in [4.78, 5) is 16.0. The summed E-state index contributed by atoms with van der Waals surface area (Å²) < 4.78 is 0. The molecule has 0 fully saturated rings. The lowest BCUT2D eigenvalue weighted by atomic mass is 10.3. The van der Waals surface area contributed by atoms with Gasteiger partial charge in [-0.3, -0.25) is 0 Å². The Balaban J connectivity index is 0.000000980. The van der Waals surface area contributed by atoms with E-state index >= 15 is 0 Å². The molecule has 2 aliphatic rings. The molecule has 0 amide bonds. The van der Waals surface area contributed by atoms with E-state index in [1.807, 2.05) is 48.6 Å². The van der Waals surface area contributed by atoms with E-state index in [0.29, 0.717) is 0 Å². The van der Waals surface area contributed by atoms with Crippen LogP contribution in [-0.2, 0) is 0 Å². The van der Waals surface area contributed by atoms with E-state index in [1.54, 1.807) is 0 Å². The lowest BCUT2D eigenvalue weighted by Gasteiger charge is -1.85. The van der Waals surface area contributed by atoms with Gasteiger partial charge in [0.25, 0.3) is 0 Å². The Labute approximate surface area is 156 Å². The van der Waals surface area contributed by atoms with Gasteiger partial charge in [-0.2, -0.15) is 0 Å². The number of fused-ring (bicyclic) bond motifs is 8. The molecule has 26 heavy (non-hydrogen) atoms. The van der Waals surface area contributed by atoms with Crippen molar-refractivity contribution in [3.63, 3.8) is 0 Å². The van der Waals surface area contributed by atoms with Crippen molar-refractivity contribution in [1.82, 2.24) is 19.9 Å². The minimum absolute atomic E-state index is 0. The predicted octanol–water partition coefficient (Wildman–Crippen LogP) is 3.84. The van der Waals surface area contributed by atoms with Crippen molar-refractivity contribution < 1.29 is 0 Å². The van der Waals surface area contributed by atoms with Crippen molar-refractivity contribution in [2.45, 2.75) is 7.43 Å². The van der Waals surface area contributed by atoms with Crippen LogP contribution in [0, 0.1) is 0 Å². The van der Waals surface area contributed by atoms with E-state index in [0.717, 1.165) is 44.8 Å². The summed E-state index contributed by atoms with van der Waals surface area (Å²) in [6, 6.07) is 16.4. The van der Waals surface area contributed by atoms with Gasteiger partial charge < -0.3 is 9.97 Å². The highest BCUT2D eigenvalue weighted by Gasteiger charge is 2.00. The lowest BCUT2D eigenvalue weighted by molar-refractivity contribution is 1.31. The van der Waals surface area contributed by atoms with Crippen molar-refractivity contribution in [3.05, 3.63) is 71.3 Å². The average Bonchev–Trinajstić information content (AvgIpc) is 3.32. The summed E-state index contributed by atoms with van der Waals surface area (Å²) in [5.41, 5.74) is 7.86. The van der Waals surface area contributed by atoms with Crippen LogP contribution in [0.2, 0.25) is 0 Å². The summed E-state index contributed by atoms with van der Waals surface area (Å²) in [5.74, 6) is 0. The number of aromatic nitrogens is 4. The van der Waals surface area contributed by atoms with Crippen molar-refractivity contribution in [1.29, 1.82) is 0 Å². The van der Waals surface area contributed by atoms with E-state index in [4.69, 9.17) is 0 Å². The van der Waals surface area contributed by atoms with E-state index < -0.39 is 0 Å². The first-order valence-electron chi connectivity index (χ1n) is 7.85. The van der Waals surface area contributed by atoms with Crippen molar-refractivity contribution >= 4 is 57.3 Å². The molecule has 0 radical (unpaired) electrons. The van der Waals surface area contributed by atoms with Gasteiger partial charge in [-0.25, -0.2) is 9.97 Å². The average molecular weight is 359 g/mol. The molecular weight excluding hydrogens is 336 g/mol. The molecule has 0 saturated heterocycles. The fraction of sp³-hybridized carbons (Fsp3) is 0.0476. The largest absolute Gasteiger partial charge is 0.355 e. The second-order valence-electron chi connectivity index (χ2n) is 5.91. The summed E-state index contributed by atoms with van der Waals surface area (Å²) in [7, 11) is 0. The van der Waals surface area contributed by atoms with Gasteiger partial charge in [0.05, 0.1) is 22.8 Å². The Bertz CT molecular complexity index is 990. The number of H-pyrrole nitrogens is 2. The fourth-order valence-electron chi connectivity index (χ4n) is 2.94. The van der Waals surface area contributed by atoms with Gasteiger partial charge in [-0.1, -0.05) is 7.43 Å². The van der Waals surface area contributed by atoms with Gasteiger partial charge in [-0.15, -0.1) is 0 Å². The first kappa shape index (κ1) is 17.6. The number of nitrogens with zero attached hydrogens (tertiary/aromatic N) is 2. The van der Waals surface area contributed by atoms with Crippen molar-refractivity contribution in [2.24, 2.45) is 0 Å². The summed E-state index contributed by atoms with van der Waals surface area (Å²) >= 11 is 0. The molecule has 0 saturated carbocycles. The highest BCUT2D eigenvalue weighted by molar-refractivity contribution is 5.77. The van der Waals surface area contributed by atoms with Gasteiger partial charge in [0.2, 0.25) is 0 Å². The maximum Gasteiger partial charge on any atom is 0.0658 e. The van der Waals surface area contributed by atoms with Gasteiger partial charge in [0.15, 0.2) is 0 Å². The third-order valence-corrected chi connectivity index (χ3v) is 4.04. The van der Waals surface area contributed by atoms with Crippen LogP contribution >= 0.6 is 0 Å². The Morgan fingerprint density at radius 1 is 0.500 bits per heavy atom. The highest BCUT2D eigenvalue weighted by atomic mass is 28.1. The molecular formula is C21H22N4Si. The SMILES string of the molecule is C.C1=Cc2cc3ccc(cc4nc(cc5ccc(cc1n2)[nH]5)C=C4)[nH]3.[SiH4]. The molecule has 4 nitrogen and oxygen atoms in total. The van der Waals surface area contributed by atoms with E-state index in [2.05, 4.69) is 44.2 Å². The van der Waals surface area contributed by atoms with Gasteiger partial charge in [0.1, 0.15) is 0 Å². The maximum absolute atomic E-state index is 4.63. The van der Waals surface area contributed by atoms with Crippen LogP contribution in [0.1, 0.15) is 30.2 Å². The Hall–Kier alpha value is -3.18. The number of hydrogen-bond acceptors (Lipinski definition) is 2. The van der Waals surface area contributed by atoms with E-state index in [9.17, 15) is 0 Å². The maximum atomic E-state index is 4.63. The standard InChI is InChI=1S/C20H14N4.CH4.H4Si/c1-2-14-10-16-5-6-18(23-16)12-20-8-7-19(24-20)11-17-4-3-15(22-17)9-13(1)21-14;;/h1-12,21,24H;2*1H4. The molecule has 0 aromatic carbocycles. The molecule has 8 bridgehead atoms. The zero-order valence-electron chi connectivity index (χ0n) is 12.8. The predicted molar refractivity (Wildman–Crippen MR) is 117 cm³/mol. The van der Waals surface area contributed by atoms with Gasteiger partial charge >= 0.3 is 0 Å². The first-order valence-corrected chi connectivity index (χ1v) is 7.85. The molecule has 3 aromatic rings. The Kier molecular flexibility index (Phi) is 4.73. The van der Waals surface area contributed by atoms with Crippen LogP contribution in [0.25, 0.3) is 46.4 Å². The minimum atomic E-state index is 0. The molecule has 130 valence electrons. The van der Waals surface area contributed by atoms with Crippen LogP contribution < -0.4 is 0 Å². The molecule has 2 aliphatic heterocycles. The zero-order valence-corrected chi connectivity index (χ0v) is 12.8. The number of rotatable bonds is 0. The number of hydrogen-bond donors (Lipinski definition) is 2. The van der Waals surface area contributed by atoms with Crippen molar-refractivity contribution in [3.8, 4) is 0 Å². The van der Waals surface area contributed by atoms with Crippen LogP contribution in [0.4, 0.5) is 0 Å². The molecule has 5 heterocycles. The van der Waals surface area contributed by atoms with E-state index in [1.165, 1.54) is 0 Å². The molecule has 3 aromatic heterocycles. The molecule has 2 N–H and O–H groups in total. The topological polar surface area (TPSA) is 57.4 Å². The van der Waals surface area contributed by atoms with Gasteiger partial charge in [0, 0.05) is 22.1 Å². The van der Waals surface area contributed by atoms with Crippen LogP contribution in [0.3, 0.4) is 0 Å². The smallest absolute Gasteiger partial charge is 0.0658 e. The number of aromatic amines is 2. The van der Waals surface area contributed by atoms with Crippen LogP contribution in [-0.4, -0.2) is 30.9 Å². The molecule has 0 unspecified atom stereocenters. The normalized spacial score (nSPS) is 11.7. The fourth-order valence-corrected chi connectivity index (χ4v) is 2.94.